The molecule has 1 N–H and O–H groups in total. The molecule has 0 bridgehead atoms. The number of piperidine rings is 1. The molecule has 1 saturated carbocycles. The highest BCUT2D eigenvalue weighted by molar-refractivity contribution is 5.88. The summed E-state index contributed by atoms with van der Waals surface area (Å²) in [5, 5.41) is 6.01. The van der Waals surface area contributed by atoms with E-state index < -0.39 is 0 Å². The van der Waals surface area contributed by atoms with Crippen LogP contribution in [-0.2, 0) is 29.2 Å². The molecule has 1 saturated heterocycles. The highest BCUT2D eigenvalue weighted by Gasteiger charge is 2.41. The van der Waals surface area contributed by atoms with Gasteiger partial charge in [0, 0.05) is 85.5 Å². The Morgan fingerprint density at radius 1 is 0.870 bits per heavy atom. The SMILES string of the molecule is COCCn1cc(CN(C(=O)[C@H]2CNCC[C@@H]2c2cn(Cc3cc(OC)cc(OC)c3)c3ccccc23)C2CC2)c2ccccc21. The minimum absolute atomic E-state index is 0.129. The summed E-state index contributed by atoms with van der Waals surface area (Å²) in [6.07, 6.45) is 7.58. The van der Waals surface area contributed by atoms with Crippen molar-refractivity contribution in [3.8, 4) is 11.5 Å². The third-order valence-corrected chi connectivity index (χ3v) is 9.80. The van der Waals surface area contributed by atoms with E-state index >= 15 is 0 Å². The highest BCUT2D eigenvalue weighted by atomic mass is 16.5. The van der Waals surface area contributed by atoms with Crippen LogP contribution in [0.4, 0.5) is 0 Å². The summed E-state index contributed by atoms with van der Waals surface area (Å²) in [5.41, 5.74) is 5.93. The molecule has 240 valence electrons. The largest absolute Gasteiger partial charge is 0.497 e. The molecule has 0 unspecified atom stereocenters. The van der Waals surface area contributed by atoms with Gasteiger partial charge in [-0.2, -0.15) is 0 Å². The molecule has 5 aromatic rings. The van der Waals surface area contributed by atoms with Crippen molar-refractivity contribution in [3.63, 3.8) is 0 Å². The summed E-state index contributed by atoms with van der Waals surface area (Å²) in [5.74, 6) is 1.81. The fourth-order valence-electron chi connectivity index (χ4n) is 7.34. The number of ether oxygens (including phenoxy) is 3. The number of carbonyl (C=O) groups is 1. The molecule has 0 spiro atoms. The monoisotopic (exact) mass is 620 g/mol. The molecule has 1 amide bonds. The van der Waals surface area contributed by atoms with Gasteiger partial charge in [-0.15, -0.1) is 0 Å². The summed E-state index contributed by atoms with van der Waals surface area (Å²) in [6, 6.07) is 23.5. The lowest BCUT2D eigenvalue weighted by molar-refractivity contribution is -0.138. The van der Waals surface area contributed by atoms with E-state index in [1.807, 2.05) is 6.07 Å². The molecule has 1 aliphatic heterocycles. The fourth-order valence-corrected chi connectivity index (χ4v) is 7.34. The molecule has 2 aromatic heterocycles. The third-order valence-electron chi connectivity index (χ3n) is 9.80. The summed E-state index contributed by atoms with van der Waals surface area (Å²) >= 11 is 0. The Hall–Kier alpha value is -4.27. The fraction of sp³-hybridized carbons (Fsp3) is 0.395. The van der Waals surface area contributed by atoms with Crippen LogP contribution in [0.2, 0.25) is 0 Å². The van der Waals surface area contributed by atoms with E-state index in [0.29, 0.717) is 32.3 Å². The first kappa shape index (κ1) is 30.4. The Morgan fingerprint density at radius 3 is 2.26 bits per heavy atom. The summed E-state index contributed by atoms with van der Waals surface area (Å²) in [4.78, 5) is 16.9. The smallest absolute Gasteiger partial charge is 0.228 e. The quantitative estimate of drug-likeness (QED) is 0.180. The first-order valence-corrected chi connectivity index (χ1v) is 16.4. The second-order valence-electron chi connectivity index (χ2n) is 12.7. The Bertz CT molecular complexity index is 1820. The van der Waals surface area contributed by atoms with Gasteiger partial charge in [-0.25, -0.2) is 0 Å². The Morgan fingerprint density at radius 2 is 1.57 bits per heavy atom. The molecular weight excluding hydrogens is 576 g/mol. The zero-order chi connectivity index (χ0) is 31.6. The normalized spacial score (nSPS) is 18.2. The minimum atomic E-state index is -0.132. The van der Waals surface area contributed by atoms with Crippen LogP contribution in [-0.4, -0.2) is 67.0 Å². The number of benzene rings is 3. The molecule has 2 atom stereocenters. The number of fused-ring (bicyclic) bond motifs is 2. The number of hydrogen-bond acceptors (Lipinski definition) is 5. The van der Waals surface area contributed by atoms with Crippen LogP contribution in [0.1, 0.15) is 41.9 Å². The maximum atomic E-state index is 14.7. The Labute approximate surface area is 270 Å². The molecule has 2 fully saturated rings. The second kappa shape index (κ2) is 13.2. The number of para-hydroxylation sites is 2. The van der Waals surface area contributed by atoms with Gasteiger partial charge in [0.1, 0.15) is 11.5 Å². The average Bonchev–Trinajstić information content (AvgIpc) is 3.80. The zero-order valence-electron chi connectivity index (χ0n) is 27.1. The number of rotatable bonds is 12. The highest BCUT2D eigenvalue weighted by Crippen LogP contribution is 2.40. The van der Waals surface area contributed by atoms with Crippen LogP contribution in [0.5, 0.6) is 11.5 Å². The Kier molecular flexibility index (Phi) is 8.73. The van der Waals surface area contributed by atoms with Crippen molar-refractivity contribution in [3.05, 3.63) is 95.8 Å². The number of methoxy groups -OCH3 is 3. The van der Waals surface area contributed by atoms with E-state index in [0.717, 1.165) is 49.4 Å². The lowest BCUT2D eigenvalue weighted by Crippen LogP contribution is -2.47. The lowest BCUT2D eigenvalue weighted by atomic mass is 9.80. The van der Waals surface area contributed by atoms with Crippen LogP contribution >= 0.6 is 0 Å². The molecule has 7 rings (SSSR count). The van der Waals surface area contributed by atoms with E-state index in [-0.39, 0.29) is 17.7 Å². The van der Waals surface area contributed by atoms with E-state index in [4.69, 9.17) is 14.2 Å². The van der Waals surface area contributed by atoms with Gasteiger partial charge >= 0.3 is 0 Å². The van der Waals surface area contributed by atoms with Crippen molar-refractivity contribution < 1.29 is 19.0 Å². The topological polar surface area (TPSA) is 69.9 Å². The summed E-state index contributed by atoms with van der Waals surface area (Å²) in [6.45, 7) is 4.34. The van der Waals surface area contributed by atoms with Crippen molar-refractivity contribution in [1.82, 2.24) is 19.4 Å². The molecule has 46 heavy (non-hydrogen) atoms. The molecule has 8 heteroatoms. The lowest BCUT2D eigenvalue weighted by Gasteiger charge is -2.35. The van der Waals surface area contributed by atoms with Gasteiger partial charge in [-0.1, -0.05) is 36.4 Å². The maximum absolute atomic E-state index is 14.7. The first-order valence-electron chi connectivity index (χ1n) is 16.4. The molecule has 2 aliphatic rings. The third kappa shape index (κ3) is 5.99. The van der Waals surface area contributed by atoms with Gasteiger partial charge in [-0.3, -0.25) is 4.79 Å². The molecule has 0 radical (unpaired) electrons. The van der Waals surface area contributed by atoms with Gasteiger partial charge in [-0.05, 0) is 66.8 Å². The molecule has 1 aliphatic carbocycles. The summed E-state index contributed by atoms with van der Waals surface area (Å²) < 4.78 is 21.1. The van der Waals surface area contributed by atoms with Crippen molar-refractivity contribution in [2.75, 3.05) is 41.0 Å². The first-order chi connectivity index (χ1) is 22.6. The van der Waals surface area contributed by atoms with Gasteiger partial charge < -0.3 is 33.6 Å². The minimum Gasteiger partial charge on any atom is -0.497 e. The van der Waals surface area contributed by atoms with Crippen molar-refractivity contribution in [2.45, 2.75) is 50.9 Å². The summed E-state index contributed by atoms with van der Waals surface area (Å²) in [7, 11) is 5.10. The van der Waals surface area contributed by atoms with Crippen LogP contribution in [0.3, 0.4) is 0 Å². The van der Waals surface area contributed by atoms with E-state index in [2.05, 4.69) is 92.4 Å². The van der Waals surface area contributed by atoms with E-state index in [9.17, 15) is 4.79 Å². The van der Waals surface area contributed by atoms with Gasteiger partial charge in [0.25, 0.3) is 0 Å². The average molecular weight is 621 g/mol. The number of nitrogens with one attached hydrogen (secondary N) is 1. The van der Waals surface area contributed by atoms with Crippen LogP contribution in [0.15, 0.2) is 79.1 Å². The van der Waals surface area contributed by atoms with Gasteiger partial charge in [0.2, 0.25) is 5.91 Å². The van der Waals surface area contributed by atoms with Crippen molar-refractivity contribution in [2.24, 2.45) is 5.92 Å². The van der Waals surface area contributed by atoms with Gasteiger partial charge in [0.05, 0.1) is 26.7 Å². The van der Waals surface area contributed by atoms with Crippen LogP contribution in [0.25, 0.3) is 21.8 Å². The maximum Gasteiger partial charge on any atom is 0.228 e. The molecule has 3 aromatic carbocycles. The second-order valence-corrected chi connectivity index (χ2v) is 12.7. The number of aromatic nitrogens is 2. The molecular formula is C38H44N4O4. The van der Waals surface area contributed by atoms with Gasteiger partial charge in [0.15, 0.2) is 0 Å². The number of carbonyl (C=O) groups excluding carboxylic acids is 1. The molecule has 3 heterocycles. The molecule has 8 nitrogen and oxygen atoms in total. The van der Waals surface area contributed by atoms with Crippen LogP contribution in [0, 0.1) is 5.92 Å². The number of amides is 1. The predicted molar refractivity (Wildman–Crippen MR) is 182 cm³/mol. The number of nitrogens with zero attached hydrogens (tertiary/aromatic N) is 3. The predicted octanol–water partition coefficient (Wildman–Crippen LogP) is 6.19. The van der Waals surface area contributed by atoms with E-state index in [1.165, 1.54) is 32.9 Å². The van der Waals surface area contributed by atoms with Crippen molar-refractivity contribution >= 4 is 27.7 Å². The van der Waals surface area contributed by atoms with Crippen LogP contribution < -0.4 is 14.8 Å². The standard InChI is InChI=1S/C38H44N4O4/c1-44-17-16-40-23-27(31-8-4-6-10-36(31)40)24-42(28-12-13-28)38(43)34-21-39-15-14-32(34)35-25-41(37-11-7-5-9-33(35)37)22-26-18-29(45-2)20-30(19-26)46-3/h4-11,18-20,23,25,28,32,34,39H,12-17,21-22,24H2,1-3H3/t32-,34-/m0/s1. The van der Waals surface area contributed by atoms with E-state index in [1.54, 1.807) is 21.3 Å². The zero-order valence-corrected chi connectivity index (χ0v) is 27.1. The van der Waals surface area contributed by atoms with Crippen molar-refractivity contribution in [1.29, 1.82) is 0 Å². The number of hydrogen-bond donors (Lipinski definition) is 1. The Balaban J connectivity index is 1.20.